The van der Waals surface area contributed by atoms with Crippen LogP contribution in [0.2, 0.25) is 0 Å². The van der Waals surface area contributed by atoms with Gasteiger partial charge in [0, 0.05) is 24.0 Å². The van der Waals surface area contributed by atoms with Crippen molar-refractivity contribution >= 4 is 28.4 Å². The molecule has 24 heavy (non-hydrogen) atoms. The Morgan fingerprint density at radius 1 is 1.17 bits per heavy atom. The van der Waals surface area contributed by atoms with E-state index in [4.69, 9.17) is 5.73 Å². The van der Waals surface area contributed by atoms with Crippen LogP contribution in [0, 0.1) is 5.92 Å². The zero-order valence-electron chi connectivity index (χ0n) is 13.5. The second-order valence-electron chi connectivity index (χ2n) is 6.26. The average Bonchev–Trinajstić information content (AvgIpc) is 2.98. The largest absolute Gasteiger partial charge is 0.347 e. The van der Waals surface area contributed by atoms with Gasteiger partial charge in [0.1, 0.15) is 0 Å². The molecule has 4 N–H and O–H groups in total. The molecule has 6 heteroatoms. The molecule has 1 heterocycles. The summed E-state index contributed by atoms with van der Waals surface area (Å²) in [5, 5.41) is 6.43. The topological polar surface area (TPSA) is 97.1 Å². The van der Waals surface area contributed by atoms with Gasteiger partial charge in [-0.25, -0.2) is 0 Å². The van der Waals surface area contributed by atoms with E-state index in [1.807, 2.05) is 24.3 Å². The van der Waals surface area contributed by atoms with E-state index in [1.54, 1.807) is 12.3 Å². The predicted molar refractivity (Wildman–Crippen MR) is 93.3 cm³/mol. The van der Waals surface area contributed by atoms with Crippen LogP contribution >= 0.6 is 0 Å². The minimum atomic E-state index is -0.266. The number of para-hydroxylation sites is 1. The molecule has 2 aromatic rings. The van der Waals surface area contributed by atoms with Crippen molar-refractivity contribution in [3.05, 3.63) is 36.5 Å². The minimum Gasteiger partial charge on any atom is -0.347 e. The molecule has 0 aliphatic heterocycles. The van der Waals surface area contributed by atoms with Gasteiger partial charge in [-0.1, -0.05) is 24.6 Å². The van der Waals surface area contributed by atoms with Crippen molar-refractivity contribution in [3.8, 4) is 0 Å². The van der Waals surface area contributed by atoms with Crippen LogP contribution in [-0.4, -0.2) is 29.4 Å². The number of carbonyl (C=O) groups excluding carboxylic acids is 2. The first-order chi connectivity index (χ1) is 11.6. The Bertz CT molecular complexity index is 741. The number of fused-ring (bicyclic) bond motifs is 1. The fourth-order valence-corrected chi connectivity index (χ4v) is 3.21. The number of carbonyl (C=O) groups is 2. The molecule has 3 rings (SSSR count). The third-order valence-corrected chi connectivity index (χ3v) is 4.52. The lowest BCUT2D eigenvalue weighted by molar-refractivity contribution is -0.124. The monoisotopic (exact) mass is 326 g/mol. The number of nitrogens with zero attached hydrogens (tertiary/aromatic N) is 1. The normalized spacial score (nSPS) is 20.0. The third-order valence-electron chi connectivity index (χ3n) is 4.52. The Balaban J connectivity index is 1.53. The summed E-state index contributed by atoms with van der Waals surface area (Å²) in [7, 11) is 0. The lowest BCUT2D eigenvalue weighted by atomic mass is 10.00. The Labute approximate surface area is 140 Å². The van der Waals surface area contributed by atoms with Crippen molar-refractivity contribution in [2.45, 2.75) is 31.7 Å². The number of hydrogen-bond donors (Lipinski definition) is 3. The van der Waals surface area contributed by atoms with Gasteiger partial charge in [0.15, 0.2) is 0 Å². The summed E-state index contributed by atoms with van der Waals surface area (Å²) >= 11 is 0. The summed E-state index contributed by atoms with van der Waals surface area (Å²) in [6.45, 7) is -0.0516. The van der Waals surface area contributed by atoms with Gasteiger partial charge in [0.2, 0.25) is 11.8 Å². The van der Waals surface area contributed by atoms with Crippen molar-refractivity contribution in [1.29, 1.82) is 0 Å². The van der Waals surface area contributed by atoms with Crippen LogP contribution in [0.4, 0.5) is 5.69 Å². The molecule has 2 amide bonds. The van der Waals surface area contributed by atoms with E-state index in [9.17, 15) is 9.59 Å². The molecular weight excluding hydrogens is 304 g/mol. The summed E-state index contributed by atoms with van der Waals surface area (Å²) in [5.41, 5.74) is 7.35. The molecule has 6 nitrogen and oxygen atoms in total. The van der Waals surface area contributed by atoms with E-state index in [2.05, 4.69) is 15.6 Å². The first-order valence-electron chi connectivity index (χ1n) is 8.29. The smallest absolute Gasteiger partial charge is 0.243 e. The van der Waals surface area contributed by atoms with Gasteiger partial charge >= 0.3 is 0 Å². The molecule has 2 atom stereocenters. The first kappa shape index (κ1) is 16.4. The number of nitrogens with two attached hydrogens (primary N) is 1. The van der Waals surface area contributed by atoms with Crippen molar-refractivity contribution in [3.63, 3.8) is 0 Å². The molecule has 1 aromatic heterocycles. The quantitative estimate of drug-likeness (QED) is 0.780. The molecule has 126 valence electrons. The van der Waals surface area contributed by atoms with E-state index < -0.39 is 0 Å². The predicted octanol–water partition coefficient (Wildman–Crippen LogP) is 1.81. The summed E-state index contributed by atoms with van der Waals surface area (Å²) in [6, 6.07) is 9.48. The van der Waals surface area contributed by atoms with Gasteiger partial charge in [-0.05, 0) is 30.9 Å². The fourth-order valence-electron chi connectivity index (χ4n) is 3.21. The molecule has 0 spiro atoms. The molecule has 1 aromatic carbocycles. The minimum absolute atomic E-state index is 0.0516. The molecule has 1 fully saturated rings. The number of pyridine rings is 1. The Morgan fingerprint density at radius 3 is 2.79 bits per heavy atom. The lowest BCUT2D eigenvalue weighted by Crippen LogP contribution is -2.36. The second-order valence-corrected chi connectivity index (χ2v) is 6.26. The van der Waals surface area contributed by atoms with Crippen LogP contribution in [0.25, 0.3) is 10.9 Å². The van der Waals surface area contributed by atoms with Crippen molar-refractivity contribution in [1.82, 2.24) is 10.3 Å². The number of rotatable bonds is 5. The van der Waals surface area contributed by atoms with E-state index in [0.717, 1.165) is 30.2 Å². The van der Waals surface area contributed by atoms with Gasteiger partial charge in [-0.15, -0.1) is 0 Å². The average molecular weight is 326 g/mol. The van der Waals surface area contributed by atoms with Crippen LogP contribution in [-0.2, 0) is 9.59 Å². The molecule has 0 bridgehead atoms. The number of hydrogen-bond acceptors (Lipinski definition) is 4. The zero-order chi connectivity index (χ0) is 16.9. The van der Waals surface area contributed by atoms with Crippen molar-refractivity contribution < 1.29 is 9.59 Å². The van der Waals surface area contributed by atoms with Crippen molar-refractivity contribution in [2.24, 2.45) is 11.7 Å². The van der Waals surface area contributed by atoms with Gasteiger partial charge in [0.25, 0.3) is 0 Å². The maximum Gasteiger partial charge on any atom is 0.243 e. The maximum atomic E-state index is 12.1. The molecule has 0 unspecified atom stereocenters. The van der Waals surface area contributed by atoms with E-state index in [1.165, 1.54) is 0 Å². The zero-order valence-corrected chi connectivity index (χ0v) is 13.5. The van der Waals surface area contributed by atoms with Crippen LogP contribution in [0.5, 0.6) is 0 Å². The molecule has 1 aliphatic carbocycles. The maximum absolute atomic E-state index is 12.1. The van der Waals surface area contributed by atoms with Gasteiger partial charge < -0.3 is 16.4 Å². The number of anilines is 1. The SMILES string of the molecule is N[C@@H]1CCC[C@H]1CC(=O)NCC(=O)Nc1cccc2cccnc12. The number of benzene rings is 1. The summed E-state index contributed by atoms with van der Waals surface area (Å²) in [4.78, 5) is 28.3. The number of amides is 2. The molecule has 0 saturated heterocycles. The van der Waals surface area contributed by atoms with Crippen LogP contribution < -0.4 is 16.4 Å². The summed E-state index contributed by atoms with van der Waals surface area (Å²) in [5.74, 6) is -0.156. The lowest BCUT2D eigenvalue weighted by Gasteiger charge is -2.14. The van der Waals surface area contributed by atoms with Gasteiger partial charge in [-0.2, -0.15) is 0 Å². The summed E-state index contributed by atoms with van der Waals surface area (Å²) in [6.07, 6.45) is 5.12. The standard InChI is InChI=1S/C18H22N4O2/c19-14-7-1-5-13(14)10-16(23)21-11-17(24)22-15-8-2-4-12-6-3-9-20-18(12)15/h2-4,6,8-9,13-14H,1,5,7,10-11,19H2,(H,21,23)(H,22,24)/t13-,14+/m0/s1. The molecule has 1 saturated carbocycles. The van der Waals surface area contributed by atoms with E-state index in [-0.39, 0.29) is 30.3 Å². The van der Waals surface area contributed by atoms with Gasteiger partial charge in [-0.3, -0.25) is 14.6 Å². The van der Waals surface area contributed by atoms with E-state index in [0.29, 0.717) is 12.1 Å². The highest BCUT2D eigenvalue weighted by Crippen LogP contribution is 2.26. The molecule has 1 aliphatic rings. The number of aromatic nitrogens is 1. The first-order valence-corrected chi connectivity index (χ1v) is 8.29. The fraction of sp³-hybridized carbons (Fsp3) is 0.389. The molecular formula is C18H22N4O2. The highest BCUT2D eigenvalue weighted by atomic mass is 16.2. The second kappa shape index (κ2) is 7.40. The highest BCUT2D eigenvalue weighted by Gasteiger charge is 2.26. The van der Waals surface area contributed by atoms with Crippen LogP contribution in [0.3, 0.4) is 0 Å². The third kappa shape index (κ3) is 3.89. The van der Waals surface area contributed by atoms with Gasteiger partial charge in [0.05, 0.1) is 17.7 Å². The van der Waals surface area contributed by atoms with E-state index >= 15 is 0 Å². The Kier molecular flexibility index (Phi) is 5.05. The Morgan fingerprint density at radius 2 is 2.00 bits per heavy atom. The van der Waals surface area contributed by atoms with Crippen LogP contribution in [0.15, 0.2) is 36.5 Å². The Hall–Kier alpha value is -2.47. The summed E-state index contributed by atoms with van der Waals surface area (Å²) < 4.78 is 0. The van der Waals surface area contributed by atoms with Crippen molar-refractivity contribution in [2.75, 3.05) is 11.9 Å². The highest BCUT2D eigenvalue weighted by molar-refractivity contribution is 6.01. The molecule has 0 radical (unpaired) electrons. The number of nitrogens with one attached hydrogen (secondary N) is 2. The van der Waals surface area contributed by atoms with Crippen LogP contribution in [0.1, 0.15) is 25.7 Å².